The molecule has 0 bridgehead atoms. The number of hydrogen-bond acceptors (Lipinski definition) is 19. The predicted molar refractivity (Wildman–Crippen MR) is 260 cm³/mol. The number of nitrogens with two attached hydrogens (primary N) is 1. The van der Waals surface area contributed by atoms with Crippen LogP contribution in [0.2, 0.25) is 0 Å². The maximum atomic E-state index is 9.72. The third-order valence-corrected chi connectivity index (χ3v) is 8.03. The molecule has 4 aromatic rings. The zero-order valence-corrected chi connectivity index (χ0v) is 46.3. The van der Waals surface area contributed by atoms with Gasteiger partial charge in [-0.3, -0.25) is 9.63 Å². The summed E-state index contributed by atoms with van der Waals surface area (Å²) in [6, 6.07) is 28.0. The van der Waals surface area contributed by atoms with E-state index in [2.05, 4.69) is 77.5 Å². The zero-order valence-electron chi connectivity index (χ0n) is 40.7. The van der Waals surface area contributed by atoms with Crippen LogP contribution in [0.5, 0.6) is 11.5 Å². The van der Waals surface area contributed by atoms with Crippen molar-refractivity contribution in [2.24, 2.45) is 5.90 Å². The average Bonchev–Trinajstić information content (AvgIpc) is 3.68. The minimum absolute atomic E-state index is 0. The smallest absolute Gasteiger partial charge is 0.348 e. The van der Waals surface area contributed by atoms with Crippen LogP contribution < -0.4 is 11.4 Å². The van der Waals surface area contributed by atoms with E-state index in [4.69, 9.17) is 58.9 Å². The van der Waals surface area contributed by atoms with Crippen molar-refractivity contribution in [1.29, 1.82) is 0 Å². The van der Waals surface area contributed by atoms with Gasteiger partial charge in [-0.1, -0.05) is 68.6 Å². The topological polar surface area (TPSA) is 303 Å². The fourth-order valence-corrected chi connectivity index (χ4v) is 5.20. The van der Waals surface area contributed by atoms with Gasteiger partial charge in [0.2, 0.25) is 0 Å². The molecule has 19 nitrogen and oxygen atoms in total. The first kappa shape index (κ1) is 77.6. The summed E-state index contributed by atoms with van der Waals surface area (Å²) in [7, 11) is 3.64. The van der Waals surface area contributed by atoms with Gasteiger partial charge in [-0.15, -0.1) is 0 Å². The number of hydrogen-bond donors (Lipinski definition) is 9. The summed E-state index contributed by atoms with van der Waals surface area (Å²) >= 11 is 0. The van der Waals surface area contributed by atoms with Crippen LogP contribution in [0.3, 0.4) is 0 Å². The molecule has 2 radical (unpaired) electrons. The van der Waals surface area contributed by atoms with Crippen LogP contribution in [0.25, 0.3) is 33.4 Å². The third kappa shape index (κ3) is 37.0. The van der Waals surface area contributed by atoms with E-state index < -0.39 is 5.97 Å². The summed E-state index contributed by atoms with van der Waals surface area (Å²) in [5.74, 6) is 4.63. The number of phenols is 2. The van der Waals surface area contributed by atoms with E-state index >= 15 is 0 Å². The normalized spacial score (nSPS) is 9.46. The van der Waals surface area contributed by atoms with Crippen LogP contribution in [0.1, 0.15) is 24.0 Å². The van der Waals surface area contributed by atoms with Gasteiger partial charge < -0.3 is 69.1 Å². The molecule has 0 aromatic heterocycles. The molecular weight excluding hydrogens is 1070 g/mol. The number of fused-ring (bicyclic) bond motifs is 3. The van der Waals surface area contributed by atoms with Crippen molar-refractivity contribution in [1.82, 2.24) is 5.48 Å². The molecule has 1 aliphatic carbocycles. The van der Waals surface area contributed by atoms with Crippen LogP contribution in [-0.2, 0) is 113 Å². The Labute approximate surface area is 462 Å². The molecule has 4 aromatic carbocycles. The van der Waals surface area contributed by atoms with Gasteiger partial charge >= 0.3 is 5.97 Å². The summed E-state index contributed by atoms with van der Waals surface area (Å²) in [5.41, 5.74) is 12.2. The molecule has 5 rings (SSSR count). The summed E-state index contributed by atoms with van der Waals surface area (Å²) in [4.78, 5) is 43.0. The number of aliphatic hydroxyl groups is 5. The van der Waals surface area contributed by atoms with Gasteiger partial charge in [0, 0.05) is 105 Å². The van der Waals surface area contributed by atoms with E-state index in [-0.39, 0.29) is 103 Å². The SMILES string of the molecule is C=CC(=O)ON.C=CC=O.C=O.C=O.CC1c2cc(-c3ccc(O)cc3)ccc2-c2ccc(-c3ccc(O)cc3)cc21.CO.CO.COCCOCCOCCOCCO.OCCNOCCO.[Y].[Y]. The van der Waals surface area contributed by atoms with Crippen LogP contribution in [0, 0.1) is 0 Å². The standard InChI is InChI=1S/C26H20O2.C9H20O5.C4H11NO3.C3H5NO2.C3H4O.2CH4O.2CH2O.2Y/c1-16-25-14-19(17-2-8-21(27)9-3-17)6-12-23(25)24-13-7-20(15-26(16)24)18-4-10-22(28)11-5-18;1-11-4-5-13-8-9-14-7-6-12-3-2-10;6-2-1-5-8-4-3-7;1-2-3(5)6-4;1-2-3-4;4*1-2;;/h2-16,27-28H,1H3;10H,2-9H2,1H3;5-7H,1-4H2;2H,1,4H2;2-3H,1H2;2*2H,1H3;2*1H2;;. The second-order valence-corrected chi connectivity index (χ2v) is 12.2. The number of carbonyl (C=O) groups excluding carboxylic acids is 4. The van der Waals surface area contributed by atoms with E-state index in [0.717, 1.165) is 42.5 Å². The van der Waals surface area contributed by atoms with Crippen molar-refractivity contribution >= 4 is 25.8 Å². The molecule has 0 heterocycles. The number of aldehydes is 1. The average molecular weight is 1140 g/mol. The molecule has 0 fully saturated rings. The number of allylic oxidation sites excluding steroid dienone is 1. The fourth-order valence-electron chi connectivity index (χ4n) is 5.20. The van der Waals surface area contributed by atoms with Gasteiger partial charge in [0.15, 0.2) is 0 Å². The van der Waals surface area contributed by atoms with E-state index in [1.807, 2.05) is 37.8 Å². The molecule has 0 aliphatic heterocycles. The van der Waals surface area contributed by atoms with Crippen LogP contribution in [0.15, 0.2) is 110 Å². The van der Waals surface area contributed by atoms with E-state index in [1.54, 1.807) is 31.4 Å². The molecule has 10 N–H and O–H groups in total. The first-order valence-electron chi connectivity index (χ1n) is 20.5. The third-order valence-electron chi connectivity index (χ3n) is 8.03. The van der Waals surface area contributed by atoms with Crippen molar-refractivity contribution in [3.8, 4) is 44.9 Å². The Balaban J connectivity index is -0.000000206. The van der Waals surface area contributed by atoms with Gasteiger partial charge in [0.1, 0.15) is 31.4 Å². The Morgan fingerprint density at radius 2 is 0.971 bits per heavy atom. The van der Waals surface area contributed by atoms with Crippen molar-refractivity contribution < 1.29 is 149 Å². The van der Waals surface area contributed by atoms with Crippen molar-refractivity contribution in [3.05, 3.63) is 121 Å². The minimum atomic E-state index is -0.616. The number of hydroxylamine groups is 1. The molecule has 0 saturated carbocycles. The largest absolute Gasteiger partial charge is 0.508 e. The number of benzene rings is 4. The minimum Gasteiger partial charge on any atom is -0.508 e. The Morgan fingerprint density at radius 1 is 0.614 bits per heavy atom. The number of rotatable bonds is 20. The zero-order chi connectivity index (χ0) is 52.4. The summed E-state index contributed by atoms with van der Waals surface area (Å²) in [5, 5.41) is 57.8. The maximum Gasteiger partial charge on any atom is 0.348 e. The number of ether oxygens (including phenoxy) is 4. The summed E-state index contributed by atoms with van der Waals surface area (Å²) < 4.78 is 20.2. The second kappa shape index (κ2) is 57.7. The van der Waals surface area contributed by atoms with Gasteiger partial charge in [-0.2, -0.15) is 5.90 Å². The number of nitrogens with one attached hydrogen (secondary N) is 1. The quantitative estimate of drug-likeness (QED) is 0.0265. The number of aliphatic hydroxyl groups excluding tert-OH is 5. The van der Waals surface area contributed by atoms with Crippen molar-refractivity contribution in [2.75, 3.05) is 101 Å². The van der Waals surface area contributed by atoms with Crippen LogP contribution in [-0.4, -0.2) is 162 Å². The molecule has 0 amide bonds. The second-order valence-electron chi connectivity index (χ2n) is 12.2. The number of phenolic OH excluding ortho intramolecular Hbond substituents is 2. The van der Waals surface area contributed by atoms with Crippen molar-refractivity contribution in [2.45, 2.75) is 12.8 Å². The van der Waals surface area contributed by atoms with Crippen molar-refractivity contribution in [3.63, 3.8) is 0 Å². The molecule has 1 aliphatic rings. The summed E-state index contributed by atoms with van der Waals surface area (Å²) in [6.45, 7) is 17.0. The Hall–Kier alpha value is -3.83. The molecule has 70 heavy (non-hydrogen) atoms. The van der Waals surface area contributed by atoms with Crippen LogP contribution >= 0.6 is 0 Å². The Bertz CT molecular complexity index is 1710. The molecule has 0 saturated heterocycles. The first-order valence-corrected chi connectivity index (χ1v) is 20.5. The molecule has 0 atom stereocenters. The molecule has 0 spiro atoms. The number of carbonyl (C=O) groups is 4. The molecule has 0 unspecified atom stereocenters. The van der Waals surface area contributed by atoms with Gasteiger partial charge in [-0.25, -0.2) is 10.3 Å². The first-order chi connectivity index (χ1) is 33.1. The van der Waals surface area contributed by atoms with Gasteiger partial charge in [-0.05, 0) is 87.0 Å². The Kier molecular flexibility index (Phi) is 64.0. The summed E-state index contributed by atoms with van der Waals surface area (Å²) in [6.07, 6.45) is 2.82. The predicted octanol–water partition coefficient (Wildman–Crippen LogP) is 3.53. The van der Waals surface area contributed by atoms with E-state index in [0.29, 0.717) is 65.0 Å². The molecule has 386 valence electrons. The monoisotopic (exact) mass is 1140 g/mol. The number of methoxy groups -OCH3 is 1. The van der Waals surface area contributed by atoms with Gasteiger partial charge in [0.25, 0.3) is 0 Å². The number of aromatic hydroxyl groups is 2. The van der Waals surface area contributed by atoms with Crippen LogP contribution in [0.4, 0.5) is 0 Å². The fraction of sp³-hybridized carbons (Fsp3) is 0.347. The molecular formula is C49H72N2O17Y2. The van der Waals surface area contributed by atoms with E-state index in [1.165, 1.54) is 28.3 Å². The maximum absolute atomic E-state index is 9.72. The van der Waals surface area contributed by atoms with E-state index in [9.17, 15) is 15.0 Å². The van der Waals surface area contributed by atoms with Gasteiger partial charge in [0.05, 0.1) is 72.7 Å². The molecule has 21 heteroatoms. The Morgan fingerprint density at radius 3 is 1.27 bits per heavy atom.